The molecular weight excluding hydrogens is 200 g/mol. The van der Waals surface area contributed by atoms with E-state index in [9.17, 15) is 4.79 Å². The average Bonchev–Trinajstić information content (AvgIpc) is 2.24. The maximum Gasteiger partial charge on any atom is 0.226 e. The first-order chi connectivity index (χ1) is 7.79. The van der Waals surface area contributed by atoms with Crippen LogP contribution in [-0.2, 0) is 4.79 Å². The van der Waals surface area contributed by atoms with Gasteiger partial charge >= 0.3 is 0 Å². The Labute approximate surface area is 98.4 Å². The van der Waals surface area contributed by atoms with Crippen molar-refractivity contribution < 1.29 is 4.79 Å². The summed E-state index contributed by atoms with van der Waals surface area (Å²) in [5.41, 5.74) is 0. The van der Waals surface area contributed by atoms with Gasteiger partial charge < -0.3 is 4.90 Å². The molecule has 1 fully saturated rings. The summed E-state index contributed by atoms with van der Waals surface area (Å²) in [5, 5.41) is 8.67. The highest BCUT2D eigenvalue weighted by molar-refractivity contribution is 5.79. The number of nitrogens with zero attached hydrogens (tertiary/aromatic N) is 2. The van der Waals surface area contributed by atoms with Crippen LogP contribution in [0.5, 0.6) is 0 Å². The molecule has 0 bridgehead atoms. The van der Waals surface area contributed by atoms with Crippen LogP contribution in [0.15, 0.2) is 0 Å². The van der Waals surface area contributed by atoms with Gasteiger partial charge in [0.15, 0.2) is 0 Å². The third-order valence-corrected chi connectivity index (χ3v) is 3.41. The van der Waals surface area contributed by atoms with Gasteiger partial charge in [0.1, 0.15) is 6.54 Å². The third kappa shape index (κ3) is 3.84. The molecule has 0 heterocycles. The fourth-order valence-corrected chi connectivity index (χ4v) is 2.39. The highest BCUT2D eigenvalue weighted by atomic mass is 16.2. The van der Waals surface area contributed by atoms with Crippen molar-refractivity contribution in [1.29, 1.82) is 5.26 Å². The lowest BCUT2D eigenvalue weighted by Gasteiger charge is -2.25. The largest absolute Gasteiger partial charge is 0.329 e. The number of rotatable bonds is 3. The van der Waals surface area contributed by atoms with Crippen LogP contribution in [0, 0.1) is 17.2 Å². The lowest BCUT2D eigenvalue weighted by Crippen LogP contribution is -2.36. The molecule has 0 aromatic heterocycles. The molecule has 0 spiro atoms. The van der Waals surface area contributed by atoms with E-state index >= 15 is 0 Å². The van der Waals surface area contributed by atoms with E-state index in [-0.39, 0.29) is 18.4 Å². The van der Waals surface area contributed by atoms with Gasteiger partial charge in [-0.1, -0.05) is 32.1 Å². The van der Waals surface area contributed by atoms with Crippen molar-refractivity contribution in [2.24, 2.45) is 5.92 Å². The first-order valence-electron chi connectivity index (χ1n) is 6.45. The standard InChI is InChI=1S/C13H22N2O/c1-2-15(11-10-14)13(16)12-8-6-4-3-5-7-9-12/h12H,2-9,11H2,1H3. The quantitative estimate of drug-likeness (QED) is 0.689. The van der Waals surface area contributed by atoms with Crippen LogP contribution in [-0.4, -0.2) is 23.9 Å². The minimum Gasteiger partial charge on any atom is -0.329 e. The van der Waals surface area contributed by atoms with Gasteiger partial charge in [-0.25, -0.2) is 0 Å². The molecule has 16 heavy (non-hydrogen) atoms. The molecule has 1 amide bonds. The van der Waals surface area contributed by atoms with Gasteiger partial charge in [0.25, 0.3) is 0 Å². The molecule has 1 saturated carbocycles. The van der Waals surface area contributed by atoms with Crippen LogP contribution in [0.25, 0.3) is 0 Å². The molecule has 3 heteroatoms. The Hall–Kier alpha value is -1.04. The van der Waals surface area contributed by atoms with E-state index in [0.29, 0.717) is 6.54 Å². The molecule has 0 aliphatic heterocycles. The first-order valence-corrected chi connectivity index (χ1v) is 6.45. The van der Waals surface area contributed by atoms with Crippen LogP contribution in [0.4, 0.5) is 0 Å². The van der Waals surface area contributed by atoms with E-state index in [1.54, 1.807) is 4.90 Å². The van der Waals surface area contributed by atoms with Crippen molar-refractivity contribution in [3.63, 3.8) is 0 Å². The second kappa shape index (κ2) is 7.27. The average molecular weight is 222 g/mol. The van der Waals surface area contributed by atoms with Gasteiger partial charge in [-0.2, -0.15) is 5.26 Å². The van der Waals surface area contributed by atoms with Gasteiger partial charge in [0, 0.05) is 12.5 Å². The smallest absolute Gasteiger partial charge is 0.226 e. The Morgan fingerprint density at radius 1 is 1.25 bits per heavy atom. The summed E-state index contributed by atoms with van der Waals surface area (Å²) in [4.78, 5) is 13.8. The summed E-state index contributed by atoms with van der Waals surface area (Å²) >= 11 is 0. The molecular formula is C13H22N2O. The van der Waals surface area contributed by atoms with Crippen molar-refractivity contribution >= 4 is 5.91 Å². The Morgan fingerprint density at radius 2 is 1.81 bits per heavy atom. The topological polar surface area (TPSA) is 44.1 Å². The maximum atomic E-state index is 12.2. The SMILES string of the molecule is CCN(CC#N)C(=O)C1CCCCCCC1. The monoisotopic (exact) mass is 222 g/mol. The predicted molar refractivity (Wildman–Crippen MR) is 63.7 cm³/mol. The minimum atomic E-state index is 0.175. The van der Waals surface area contributed by atoms with Crippen molar-refractivity contribution in [2.75, 3.05) is 13.1 Å². The van der Waals surface area contributed by atoms with Crippen LogP contribution >= 0.6 is 0 Å². The maximum absolute atomic E-state index is 12.2. The van der Waals surface area contributed by atoms with Gasteiger partial charge in [-0.15, -0.1) is 0 Å². The number of hydrogen-bond donors (Lipinski definition) is 0. The zero-order valence-electron chi connectivity index (χ0n) is 10.2. The van der Waals surface area contributed by atoms with Crippen molar-refractivity contribution in [3.8, 4) is 6.07 Å². The van der Waals surface area contributed by atoms with Gasteiger partial charge in [0.2, 0.25) is 5.91 Å². The van der Waals surface area contributed by atoms with E-state index in [2.05, 4.69) is 6.07 Å². The number of nitriles is 1. The summed E-state index contributed by atoms with van der Waals surface area (Å²) in [5.74, 6) is 0.375. The Bertz CT molecular complexity index is 249. The molecule has 0 radical (unpaired) electrons. The Kier molecular flexibility index (Phi) is 5.92. The normalized spacial score (nSPS) is 18.2. The second-order valence-corrected chi connectivity index (χ2v) is 4.55. The molecule has 0 aromatic rings. The van der Waals surface area contributed by atoms with Crippen LogP contribution in [0.2, 0.25) is 0 Å². The van der Waals surface area contributed by atoms with Crippen LogP contribution in [0.1, 0.15) is 51.9 Å². The van der Waals surface area contributed by atoms with Gasteiger partial charge in [-0.3, -0.25) is 4.79 Å². The van der Waals surface area contributed by atoms with Crippen molar-refractivity contribution in [3.05, 3.63) is 0 Å². The molecule has 3 nitrogen and oxygen atoms in total. The van der Waals surface area contributed by atoms with E-state index in [4.69, 9.17) is 5.26 Å². The van der Waals surface area contributed by atoms with E-state index in [1.165, 1.54) is 32.1 Å². The van der Waals surface area contributed by atoms with E-state index < -0.39 is 0 Å². The van der Waals surface area contributed by atoms with Crippen LogP contribution in [0.3, 0.4) is 0 Å². The number of carbonyl (C=O) groups is 1. The molecule has 90 valence electrons. The summed E-state index contributed by atoms with van der Waals surface area (Å²) in [6.45, 7) is 2.84. The van der Waals surface area contributed by atoms with Crippen LogP contribution < -0.4 is 0 Å². The highest BCUT2D eigenvalue weighted by Crippen LogP contribution is 2.23. The van der Waals surface area contributed by atoms with Gasteiger partial charge in [-0.05, 0) is 19.8 Å². The molecule has 0 saturated heterocycles. The van der Waals surface area contributed by atoms with Gasteiger partial charge in [0.05, 0.1) is 6.07 Å². The fraction of sp³-hybridized carbons (Fsp3) is 0.846. The van der Waals surface area contributed by atoms with Crippen molar-refractivity contribution in [1.82, 2.24) is 4.90 Å². The fourth-order valence-electron chi connectivity index (χ4n) is 2.39. The molecule has 0 N–H and O–H groups in total. The van der Waals surface area contributed by atoms with Crippen molar-refractivity contribution in [2.45, 2.75) is 51.9 Å². The second-order valence-electron chi connectivity index (χ2n) is 4.55. The highest BCUT2D eigenvalue weighted by Gasteiger charge is 2.23. The zero-order chi connectivity index (χ0) is 11.8. The van der Waals surface area contributed by atoms with E-state index in [1.807, 2.05) is 6.92 Å². The zero-order valence-corrected chi connectivity index (χ0v) is 10.2. The number of amides is 1. The summed E-state index contributed by atoms with van der Waals surface area (Å²) < 4.78 is 0. The Morgan fingerprint density at radius 3 is 2.31 bits per heavy atom. The third-order valence-electron chi connectivity index (χ3n) is 3.41. The Balaban J connectivity index is 2.51. The molecule has 1 aliphatic rings. The molecule has 0 unspecified atom stereocenters. The number of carbonyl (C=O) groups excluding carboxylic acids is 1. The predicted octanol–water partition coefficient (Wildman–Crippen LogP) is 2.72. The van der Waals surface area contributed by atoms with E-state index in [0.717, 1.165) is 12.8 Å². The molecule has 0 atom stereocenters. The molecule has 1 rings (SSSR count). The summed E-state index contributed by atoms with van der Waals surface area (Å²) in [6.07, 6.45) is 8.20. The molecule has 1 aliphatic carbocycles. The summed E-state index contributed by atoms with van der Waals surface area (Å²) in [7, 11) is 0. The first kappa shape index (κ1) is 13.0. The lowest BCUT2D eigenvalue weighted by atomic mass is 9.90. The minimum absolute atomic E-state index is 0.175. The lowest BCUT2D eigenvalue weighted by molar-refractivity contribution is -0.135. The number of hydrogen-bond acceptors (Lipinski definition) is 2. The summed E-state index contributed by atoms with van der Waals surface area (Å²) in [6, 6.07) is 2.07. The molecule has 0 aromatic carbocycles.